The van der Waals surface area contributed by atoms with E-state index in [4.69, 9.17) is 0 Å². The van der Waals surface area contributed by atoms with Crippen molar-refractivity contribution >= 4 is 5.91 Å². The average molecular weight is 303 g/mol. The number of nitrogens with zero attached hydrogens (tertiary/aromatic N) is 2. The molecule has 1 saturated heterocycles. The summed E-state index contributed by atoms with van der Waals surface area (Å²) in [5.41, 5.74) is -0.200. The highest BCUT2D eigenvalue weighted by Crippen LogP contribution is 2.50. The quantitative estimate of drug-likeness (QED) is 0.837. The van der Waals surface area contributed by atoms with Gasteiger partial charge in [-0.05, 0) is 33.7 Å². The second-order valence-electron chi connectivity index (χ2n) is 7.37. The number of carbonyl (C=O) groups is 1. The zero-order valence-electron chi connectivity index (χ0n) is 13.3. The number of rotatable bonds is 5. The molecule has 6 heteroatoms. The Balaban J connectivity index is 1.61. The lowest BCUT2D eigenvalue weighted by atomic mass is 10.1. The third kappa shape index (κ3) is 5.51. The number of hydrogen-bond acceptors (Lipinski definition) is 3. The van der Waals surface area contributed by atoms with Crippen LogP contribution in [0, 0.1) is 5.92 Å². The minimum absolute atomic E-state index is 0.0496. The van der Waals surface area contributed by atoms with E-state index in [9.17, 15) is 13.6 Å². The maximum absolute atomic E-state index is 12.8. The summed E-state index contributed by atoms with van der Waals surface area (Å²) in [5, 5.41) is 2.96. The van der Waals surface area contributed by atoms with E-state index in [0.717, 1.165) is 32.7 Å². The van der Waals surface area contributed by atoms with Crippen molar-refractivity contribution in [2.45, 2.75) is 45.1 Å². The lowest BCUT2D eigenvalue weighted by Gasteiger charge is -2.34. The number of carbonyl (C=O) groups excluding carboxylic acids is 1. The molecular formula is C15H27F2N3O. The number of nitrogens with one attached hydrogen (secondary N) is 1. The van der Waals surface area contributed by atoms with E-state index >= 15 is 0 Å². The van der Waals surface area contributed by atoms with Crippen molar-refractivity contribution in [2.75, 3.05) is 39.3 Å². The molecule has 1 saturated carbocycles. The fourth-order valence-electron chi connectivity index (χ4n) is 2.75. The van der Waals surface area contributed by atoms with Gasteiger partial charge in [-0.2, -0.15) is 0 Å². The van der Waals surface area contributed by atoms with E-state index < -0.39 is 11.8 Å². The summed E-state index contributed by atoms with van der Waals surface area (Å²) in [4.78, 5) is 16.2. The van der Waals surface area contributed by atoms with E-state index in [1.54, 1.807) is 0 Å². The van der Waals surface area contributed by atoms with E-state index in [2.05, 4.69) is 15.1 Å². The Bertz CT molecular complexity index is 374. The Kier molecular flexibility index (Phi) is 4.88. The van der Waals surface area contributed by atoms with Gasteiger partial charge in [-0.1, -0.05) is 0 Å². The normalized spacial score (nSPS) is 26.6. The van der Waals surface area contributed by atoms with Crippen LogP contribution in [0.4, 0.5) is 8.78 Å². The number of amides is 1. The molecule has 0 aromatic rings. The second kappa shape index (κ2) is 6.16. The summed E-state index contributed by atoms with van der Waals surface area (Å²) >= 11 is 0. The van der Waals surface area contributed by atoms with Crippen LogP contribution in [-0.2, 0) is 4.79 Å². The minimum atomic E-state index is -2.40. The molecule has 21 heavy (non-hydrogen) atoms. The number of alkyl halides is 2. The van der Waals surface area contributed by atoms with Crippen molar-refractivity contribution in [1.29, 1.82) is 0 Å². The molecule has 0 aromatic carbocycles. The summed E-state index contributed by atoms with van der Waals surface area (Å²) in [5.74, 6) is -2.74. The summed E-state index contributed by atoms with van der Waals surface area (Å²) in [6.07, 6.45) is 0.664. The minimum Gasteiger partial charge on any atom is -0.350 e. The van der Waals surface area contributed by atoms with Crippen LogP contribution >= 0.6 is 0 Å². The molecule has 1 unspecified atom stereocenters. The van der Waals surface area contributed by atoms with Crippen LogP contribution in [0.25, 0.3) is 0 Å². The van der Waals surface area contributed by atoms with Crippen LogP contribution in [0.2, 0.25) is 0 Å². The maximum Gasteiger partial charge on any atom is 0.251 e. The van der Waals surface area contributed by atoms with Gasteiger partial charge in [-0.25, -0.2) is 8.78 Å². The lowest BCUT2D eigenvalue weighted by Crippen LogP contribution is -2.51. The van der Waals surface area contributed by atoms with Gasteiger partial charge in [-0.15, -0.1) is 0 Å². The van der Waals surface area contributed by atoms with Crippen molar-refractivity contribution < 1.29 is 13.6 Å². The Hall–Kier alpha value is -0.750. The van der Waals surface area contributed by atoms with Crippen LogP contribution in [0.15, 0.2) is 0 Å². The molecule has 1 amide bonds. The number of piperazine rings is 1. The van der Waals surface area contributed by atoms with E-state index in [1.807, 2.05) is 20.8 Å². The Morgan fingerprint density at radius 2 is 1.71 bits per heavy atom. The first kappa shape index (κ1) is 16.6. The van der Waals surface area contributed by atoms with Gasteiger partial charge in [0.2, 0.25) is 5.91 Å². The maximum atomic E-state index is 12.8. The summed E-state index contributed by atoms with van der Waals surface area (Å²) in [6, 6.07) is 0. The third-order valence-corrected chi connectivity index (χ3v) is 4.10. The van der Waals surface area contributed by atoms with Gasteiger partial charge in [0, 0.05) is 44.1 Å². The highest BCUT2D eigenvalue weighted by molar-refractivity contribution is 5.78. The molecule has 1 heterocycles. The average Bonchev–Trinajstić information content (AvgIpc) is 2.94. The first-order valence-corrected chi connectivity index (χ1v) is 7.79. The largest absolute Gasteiger partial charge is 0.350 e. The topological polar surface area (TPSA) is 35.6 Å². The van der Waals surface area contributed by atoms with Gasteiger partial charge < -0.3 is 10.2 Å². The van der Waals surface area contributed by atoms with Crippen LogP contribution < -0.4 is 5.32 Å². The van der Waals surface area contributed by atoms with Crippen LogP contribution in [0.5, 0.6) is 0 Å². The molecule has 0 aromatic heterocycles. The highest BCUT2D eigenvalue weighted by Gasteiger charge is 2.56. The van der Waals surface area contributed by atoms with Crippen molar-refractivity contribution in [2.24, 2.45) is 5.92 Å². The summed E-state index contributed by atoms with van der Waals surface area (Å²) < 4.78 is 25.6. The van der Waals surface area contributed by atoms with Gasteiger partial charge in [0.25, 0.3) is 5.92 Å². The van der Waals surface area contributed by atoms with Gasteiger partial charge in [-0.3, -0.25) is 9.69 Å². The summed E-state index contributed by atoms with van der Waals surface area (Å²) in [7, 11) is 0. The van der Waals surface area contributed by atoms with Crippen LogP contribution in [0.1, 0.15) is 33.6 Å². The SMILES string of the molecule is CC(C)(C)NC(=O)CN1CCN(CCC2CC2(F)F)CC1. The van der Waals surface area contributed by atoms with Gasteiger partial charge in [0.1, 0.15) is 0 Å². The van der Waals surface area contributed by atoms with Crippen LogP contribution in [-0.4, -0.2) is 66.4 Å². The molecule has 0 radical (unpaired) electrons. The smallest absolute Gasteiger partial charge is 0.251 e. The molecule has 2 aliphatic rings. The molecular weight excluding hydrogens is 276 g/mol. The fraction of sp³-hybridized carbons (Fsp3) is 0.933. The van der Waals surface area contributed by atoms with Crippen molar-refractivity contribution in [1.82, 2.24) is 15.1 Å². The second-order valence-corrected chi connectivity index (χ2v) is 7.37. The fourth-order valence-corrected chi connectivity index (χ4v) is 2.75. The molecule has 1 N–H and O–H groups in total. The number of hydrogen-bond donors (Lipinski definition) is 1. The van der Waals surface area contributed by atoms with Crippen LogP contribution in [0.3, 0.4) is 0 Å². The molecule has 2 rings (SSSR count). The molecule has 1 aliphatic carbocycles. The van der Waals surface area contributed by atoms with E-state index in [1.165, 1.54) is 0 Å². The van der Waals surface area contributed by atoms with E-state index in [-0.39, 0.29) is 17.9 Å². The zero-order chi connectivity index (χ0) is 15.7. The Morgan fingerprint density at radius 1 is 1.19 bits per heavy atom. The highest BCUT2D eigenvalue weighted by atomic mass is 19.3. The predicted octanol–water partition coefficient (Wildman–Crippen LogP) is 1.56. The van der Waals surface area contributed by atoms with Crippen molar-refractivity contribution in [3.63, 3.8) is 0 Å². The molecule has 0 bridgehead atoms. The first-order valence-electron chi connectivity index (χ1n) is 7.79. The standard InChI is InChI=1S/C15H27F2N3O/c1-14(2,3)18-13(21)11-20-8-6-19(7-9-20)5-4-12-10-15(12,16)17/h12H,4-11H2,1-3H3,(H,18,21). The zero-order valence-corrected chi connectivity index (χ0v) is 13.3. The molecule has 1 aliphatic heterocycles. The van der Waals surface area contributed by atoms with Gasteiger partial charge in [0.05, 0.1) is 6.54 Å². The van der Waals surface area contributed by atoms with Crippen molar-refractivity contribution in [3.8, 4) is 0 Å². The monoisotopic (exact) mass is 303 g/mol. The van der Waals surface area contributed by atoms with Crippen molar-refractivity contribution in [3.05, 3.63) is 0 Å². The Morgan fingerprint density at radius 3 is 2.19 bits per heavy atom. The summed E-state index contributed by atoms with van der Waals surface area (Å²) in [6.45, 7) is 10.5. The molecule has 0 spiro atoms. The molecule has 1 atom stereocenters. The first-order chi connectivity index (χ1) is 9.66. The van der Waals surface area contributed by atoms with E-state index in [0.29, 0.717) is 13.0 Å². The third-order valence-electron chi connectivity index (χ3n) is 4.10. The molecule has 4 nitrogen and oxygen atoms in total. The predicted molar refractivity (Wildman–Crippen MR) is 78.4 cm³/mol. The molecule has 2 fully saturated rings. The van der Waals surface area contributed by atoms with Gasteiger partial charge in [0.15, 0.2) is 0 Å². The van der Waals surface area contributed by atoms with Gasteiger partial charge >= 0.3 is 0 Å². The Labute approximate surface area is 125 Å². The number of halogens is 2. The lowest BCUT2D eigenvalue weighted by molar-refractivity contribution is -0.124. The molecule has 122 valence electrons.